The van der Waals surface area contributed by atoms with Crippen molar-refractivity contribution >= 4 is 15.8 Å². The van der Waals surface area contributed by atoms with Crippen molar-refractivity contribution in [1.82, 2.24) is 18.6 Å². The van der Waals surface area contributed by atoms with E-state index in [1.54, 1.807) is 30.5 Å². The van der Waals surface area contributed by atoms with Gasteiger partial charge in [0.1, 0.15) is 5.76 Å². The van der Waals surface area contributed by atoms with E-state index in [9.17, 15) is 18.0 Å². The van der Waals surface area contributed by atoms with Crippen molar-refractivity contribution in [2.24, 2.45) is 0 Å². The van der Waals surface area contributed by atoms with Crippen molar-refractivity contribution in [2.45, 2.75) is 32.2 Å². The first-order valence-electron chi connectivity index (χ1n) is 8.81. The average molecular weight is 418 g/mol. The number of hydrogen-bond donors (Lipinski definition) is 0. The van der Waals surface area contributed by atoms with Gasteiger partial charge in [0.05, 0.1) is 11.4 Å². The van der Waals surface area contributed by atoms with Crippen LogP contribution in [0, 0.1) is 20.8 Å². The summed E-state index contributed by atoms with van der Waals surface area (Å²) in [7, 11) is -0.923. The number of Topliss-reactive ketones (excluding diaryl/α,β-unsaturated/α-hetero) is 1. The molecule has 29 heavy (non-hydrogen) atoms. The van der Waals surface area contributed by atoms with Gasteiger partial charge < -0.3 is 9.09 Å². The van der Waals surface area contributed by atoms with Crippen LogP contribution in [-0.4, -0.2) is 46.9 Å². The maximum Gasteiger partial charge on any atom is 0.251 e. The van der Waals surface area contributed by atoms with Crippen LogP contribution in [0.15, 0.2) is 44.7 Å². The predicted molar refractivity (Wildman–Crippen MR) is 106 cm³/mol. The first-order chi connectivity index (χ1) is 13.5. The minimum absolute atomic E-state index is 0.0570. The predicted octanol–water partition coefficient (Wildman–Crippen LogP) is 1.69. The molecule has 154 valence electrons. The molecule has 0 radical (unpaired) electrons. The average Bonchev–Trinajstić information content (AvgIpc) is 3.19. The first kappa shape index (κ1) is 20.7. The van der Waals surface area contributed by atoms with Crippen LogP contribution >= 0.6 is 0 Å². The Balaban J connectivity index is 1.97. The Morgan fingerprint density at radius 3 is 2.45 bits per heavy atom. The molecule has 3 rings (SSSR count). The number of carbonyl (C=O) groups is 1. The summed E-state index contributed by atoms with van der Waals surface area (Å²) >= 11 is 0. The number of hydrogen-bond acceptors (Lipinski definition) is 6. The van der Waals surface area contributed by atoms with Gasteiger partial charge in [0, 0.05) is 49.4 Å². The van der Waals surface area contributed by atoms with Crippen LogP contribution in [0.3, 0.4) is 0 Å². The molecule has 0 fully saturated rings. The van der Waals surface area contributed by atoms with Gasteiger partial charge in [0.15, 0.2) is 11.6 Å². The molecule has 0 aliphatic carbocycles. The third kappa shape index (κ3) is 3.81. The number of carbonyl (C=O) groups excluding carboxylic acids is 1. The topological polar surface area (TPSA) is 107 Å². The van der Waals surface area contributed by atoms with Crippen molar-refractivity contribution in [1.29, 1.82) is 0 Å². The molecule has 0 saturated carbocycles. The maximum atomic E-state index is 12.9. The fourth-order valence-electron chi connectivity index (χ4n) is 3.09. The summed E-state index contributed by atoms with van der Waals surface area (Å²) in [6, 6.07) is 5.85. The van der Waals surface area contributed by atoms with Gasteiger partial charge in [-0.3, -0.25) is 14.2 Å². The van der Waals surface area contributed by atoms with Crippen molar-refractivity contribution in [3.8, 4) is 5.82 Å². The lowest BCUT2D eigenvalue weighted by Gasteiger charge is -2.13. The van der Waals surface area contributed by atoms with Crippen LogP contribution in [0.25, 0.3) is 5.82 Å². The Bertz CT molecular complexity index is 1250. The fourth-order valence-corrected chi connectivity index (χ4v) is 4.01. The Hall–Kier alpha value is -2.98. The van der Waals surface area contributed by atoms with Gasteiger partial charge in [-0.1, -0.05) is 5.16 Å². The molecule has 0 spiro atoms. The van der Waals surface area contributed by atoms with Crippen LogP contribution in [0.2, 0.25) is 0 Å². The number of sulfonamides is 1. The van der Waals surface area contributed by atoms with E-state index in [4.69, 9.17) is 4.52 Å². The van der Waals surface area contributed by atoms with Gasteiger partial charge in [0.2, 0.25) is 10.0 Å². The SMILES string of the molecule is Cc1cc(-n2c(C)cc(C(=O)Cn3cc(S(=O)(=O)N(C)C)ccc3=O)c2C)no1. The summed E-state index contributed by atoms with van der Waals surface area (Å²) in [5.74, 6) is 0.893. The second kappa shape index (κ2) is 7.45. The highest BCUT2D eigenvalue weighted by molar-refractivity contribution is 7.89. The Morgan fingerprint density at radius 1 is 1.17 bits per heavy atom. The van der Waals surface area contributed by atoms with Gasteiger partial charge in [-0.25, -0.2) is 12.7 Å². The molecule has 0 aliphatic rings. The molecule has 0 aromatic carbocycles. The highest BCUT2D eigenvalue weighted by Gasteiger charge is 2.21. The van der Waals surface area contributed by atoms with E-state index in [1.165, 1.54) is 26.4 Å². The van der Waals surface area contributed by atoms with Crippen molar-refractivity contribution in [2.75, 3.05) is 14.1 Å². The van der Waals surface area contributed by atoms with Gasteiger partial charge in [0.25, 0.3) is 5.56 Å². The second-order valence-electron chi connectivity index (χ2n) is 6.96. The van der Waals surface area contributed by atoms with E-state index in [0.29, 0.717) is 22.8 Å². The molecule has 0 amide bonds. The van der Waals surface area contributed by atoms with E-state index in [2.05, 4.69) is 5.16 Å². The molecule has 3 aromatic heterocycles. The molecule has 0 aliphatic heterocycles. The molecular formula is C19H22N4O5S. The smallest absolute Gasteiger partial charge is 0.251 e. The highest BCUT2D eigenvalue weighted by atomic mass is 32.2. The maximum absolute atomic E-state index is 12.9. The monoisotopic (exact) mass is 418 g/mol. The molecule has 0 atom stereocenters. The molecule has 0 unspecified atom stereocenters. The van der Waals surface area contributed by atoms with Crippen LogP contribution in [0.4, 0.5) is 0 Å². The van der Waals surface area contributed by atoms with Crippen LogP contribution in [0.5, 0.6) is 0 Å². The molecule has 0 bridgehead atoms. The van der Waals surface area contributed by atoms with Gasteiger partial charge in [-0.05, 0) is 32.9 Å². The first-order valence-corrected chi connectivity index (χ1v) is 10.2. The summed E-state index contributed by atoms with van der Waals surface area (Å²) < 4.78 is 33.7. The second-order valence-corrected chi connectivity index (χ2v) is 9.11. The van der Waals surface area contributed by atoms with E-state index < -0.39 is 15.6 Å². The highest BCUT2D eigenvalue weighted by Crippen LogP contribution is 2.21. The van der Waals surface area contributed by atoms with Crippen molar-refractivity contribution in [3.05, 3.63) is 63.5 Å². The lowest BCUT2D eigenvalue weighted by Crippen LogP contribution is -2.27. The summed E-state index contributed by atoms with van der Waals surface area (Å²) in [6.07, 6.45) is 1.19. The summed E-state index contributed by atoms with van der Waals surface area (Å²) in [6.45, 7) is 5.11. The lowest BCUT2D eigenvalue weighted by molar-refractivity contribution is 0.0970. The summed E-state index contributed by atoms with van der Waals surface area (Å²) in [5.41, 5.74) is 1.41. The van der Waals surface area contributed by atoms with Crippen LogP contribution in [-0.2, 0) is 16.6 Å². The Morgan fingerprint density at radius 2 is 1.86 bits per heavy atom. The zero-order chi connectivity index (χ0) is 21.5. The van der Waals surface area contributed by atoms with Crippen LogP contribution in [0.1, 0.15) is 27.5 Å². The largest absolute Gasteiger partial charge is 0.360 e. The summed E-state index contributed by atoms with van der Waals surface area (Å²) in [5, 5.41) is 3.98. The molecule has 3 aromatic rings. The van der Waals surface area contributed by atoms with Crippen molar-refractivity contribution < 1.29 is 17.7 Å². The summed E-state index contributed by atoms with van der Waals surface area (Å²) in [4.78, 5) is 25.0. The standard InChI is InChI=1S/C19H22N4O5S/c1-12-8-16(14(3)23(12)18-9-13(2)28-20-18)17(24)11-22-10-15(6-7-19(22)25)29(26,27)21(4)5/h6-10H,11H2,1-5H3. The van der Waals surface area contributed by atoms with E-state index >= 15 is 0 Å². The third-order valence-electron chi connectivity index (χ3n) is 4.63. The number of nitrogens with zero attached hydrogens (tertiary/aromatic N) is 4. The number of aromatic nitrogens is 3. The van der Waals surface area contributed by atoms with E-state index in [1.807, 2.05) is 6.92 Å². The van der Waals surface area contributed by atoms with Gasteiger partial charge in [-0.2, -0.15) is 0 Å². The van der Waals surface area contributed by atoms with Gasteiger partial charge in [-0.15, -0.1) is 0 Å². The van der Waals surface area contributed by atoms with E-state index in [0.717, 1.165) is 20.6 Å². The Kier molecular flexibility index (Phi) is 5.33. The zero-order valence-electron chi connectivity index (χ0n) is 16.8. The molecular weight excluding hydrogens is 396 g/mol. The molecule has 9 nitrogen and oxygen atoms in total. The molecule has 3 heterocycles. The lowest BCUT2D eigenvalue weighted by atomic mass is 10.1. The van der Waals surface area contributed by atoms with E-state index in [-0.39, 0.29) is 17.2 Å². The normalized spacial score (nSPS) is 11.9. The zero-order valence-corrected chi connectivity index (χ0v) is 17.6. The number of rotatable bonds is 6. The molecule has 0 saturated heterocycles. The minimum atomic E-state index is -3.72. The molecule has 10 heteroatoms. The fraction of sp³-hybridized carbons (Fsp3) is 0.316. The number of aryl methyl sites for hydroxylation is 2. The number of ketones is 1. The van der Waals surface area contributed by atoms with Gasteiger partial charge >= 0.3 is 0 Å². The number of pyridine rings is 1. The third-order valence-corrected chi connectivity index (χ3v) is 6.42. The Labute approximate surface area is 168 Å². The van der Waals surface area contributed by atoms with Crippen LogP contribution < -0.4 is 5.56 Å². The van der Waals surface area contributed by atoms with Crippen molar-refractivity contribution in [3.63, 3.8) is 0 Å². The molecule has 0 N–H and O–H groups in total. The quantitative estimate of drug-likeness (QED) is 0.564. The minimum Gasteiger partial charge on any atom is -0.360 e.